The van der Waals surface area contributed by atoms with Crippen molar-refractivity contribution in [3.8, 4) is 0 Å². The fourth-order valence-corrected chi connectivity index (χ4v) is 3.80. The van der Waals surface area contributed by atoms with Crippen LogP contribution in [0.2, 0.25) is 0 Å². The predicted octanol–water partition coefficient (Wildman–Crippen LogP) is 5.55. The molecule has 0 unspecified atom stereocenters. The maximum atomic E-state index is 12.7. The molecule has 1 fully saturated rings. The van der Waals surface area contributed by atoms with Gasteiger partial charge in [0, 0.05) is 35.4 Å². The third-order valence-corrected chi connectivity index (χ3v) is 5.46. The molecular weight excluding hydrogens is 336 g/mol. The van der Waals surface area contributed by atoms with Crippen LogP contribution < -0.4 is 10.2 Å². The molecule has 27 heavy (non-hydrogen) atoms. The number of carbonyl (C=O) groups excluding carboxylic acids is 1. The molecule has 1 aliphatic heterocycles. The summed E-state index contributed by atoms with van der Waals surface area (Å²) in [6, 6.07) is 14.2. The molecule has 0 aliphatic carbocycles. The van der Waals surface area contributed by atoms with Crippen molar-refractivity contribution in [1.82, 2.24) is 0 Å². The lowest BCUT2D eigenvalue weighted by Gasteiger charge is -2.28. The standard InChI is InChI=1S/C23H26N2O2/c1-3-17-7-12-21-20(15-17)16(2)22(27-21)23(26)24-18-8-10-19(11-9-18)25-13-5-4-6-14-25/h7-12,15H,3-6,13-14H2,1-2H3,(H,24,26). The van der Waals surface area contributed by atoms with Gasteiger partial charge in [-0.1, -0.05) is 13.0 Å². The minimum Gasteiger partial charge on any atom is -0.451 e. The van der Waals surface area contributed by atoms with Crippen molar-refractivity contribution < 1.29 is 9.21 Å². The Hall–Kier alpha value is -2.75. The minimum absolute atomic E-state index is 0.201. The van der Waals surface area contributed by atoms with E-state index in [-0.39, 0.29) is 5.91 Å². The van der Waals surface area contributed by atoms with Crippen molar-refractivity contribution in [2.75, 3.05) is 23.3 Å². The van der Waals surface area contributed by atoms with Crippen LogP contribution in [0.15, 0.2) is 46.9 Å². The molecule has 4 nitrogen and oxygen atoms in total. The fraction of sp³-hybridized carbons (Fsp3) is 0.348. The molecule has 140 valence electrons. The van der Waals surface area contributed by atoms with E-state index < -0.39 is 0 Å². The van der Waals surface area contributed by atoms with Gasteiger partial charge in [0.25, 0.3) is 5.91 Å². The first-order valence-corrected chi connectivity index (χ1v) is 9.84. The van der Waals surface area contributed by atoms with Crippen molar-refractivity contribution in [2.45, 2.75) is 39.5 Å². The number of nitrogens with one attached hydrogen (secondary N) is 1. The second-order valence-electron chi connectivity index (χ2n) is 7.29. The Morgan fingerprint density at radius 3 is 2.52 bits per heavy atom. The number of nitrogens with zero attached hydrogens (tertiary/aromatic N) is 1. The van der Waals surface area contributed by atoms with Gasteiger partial charge in [0.05, 0.1) is 0 Å². The highest BCUT2D eigenvalue weighted by molar-refractivity contribution is 6.06. The number of benzene rings is 2. The number of carbonyl (C=O) groups is 1. The van der Waals surface area contributed by atoms with Crippen LogP contribution in [0.1, 0.15) is 47.9 Å². The van der Waals surface area contributed by atoms with Crippen molar-refractivity contribution in [1.29, 1.82) is 0 Å². The molecule has 0 spiro atoms. The molecular formula is C23H26N2O2. The Morgan fingerprint density at radius 2 is 1.81 bits per heavy atom. The predicted molar refractivity (Wildman–Crippen MR) is 111 cm³/mol. The van der Waals surface area contributed by atoms with Crippen molar-refractivity contribution in [2.24, 2.45) is 0 Å². The summed E-state index contributed by atoms with van der Waals surface area (Å²) in [4.78, 5) is 15.1. The van der Waals surface area contributed by atoms with Gasteiger partial charge in [-0.25, -0.2) is 0 Å². The summed E-state index contributed by atoms with van der Waals surface area (Å²) >= 11 is 0. The molecule has 0 saturated carbocycles. The SMILES string of the molecule is CCc1ccc2oc(C(=O)Nc3ccc(N4CCCCC4)cc3)c(C)c2c1. The Kier molecular flexibility index (Phi) is 4.88. The van der Waals surface area contributed by atoms with Gasteiger partial charge in [0.1, 0.15) is 5.58 Å². The zero-order valence-corrected chi connectivity index (χ0v) is 16.0. The second-order valence-corrected chi connectivity index (χ2v) is 7.29. The van der Waals surface area contributed by atoms with Gasteiger partial charge in [-0.3, -0.25) is 4.79 Å². The molecule has 0 radical (unpaired) electrons. The number of aryl methyl sites for hydroxylation is 2. The summed E-state index contributed by atoms with van der Waals surface area (Å²) in [6.45, 7) is 6.30. The van der Waals surface area contributed by atoms with Crippen LogP contribution >= 0.6 is 0 Å². The number of piperidine rings is 1. The van der Waals surface area contributed by atoms with E-state index >= 15 is 0 Å². The summed E-state index contributed by atoms with van der Waals surface area (Å²) in [6.07, 6.45) is 4.79. The largest absolute Gasteiger partial charge is 0.451 e. The van der Waals surface area contributed by atoms with Crippen LogP contribution in [-0.2, 0) is 6.42 Å². The average molecular weight is 362 g/mol. The number of hydrogen-bond acceptors (Lipinski definition) is 3. The van der Waals surface area contributed by atoms with E-state index in [2.05, 4.69) is 35.3 Å². The molecule has 1 aromatic heterocycles. The van der Waals surface area contributed by atoms with E-state index in [0.29, 0.717) is 5.76 Å². The lowest BCUT2D eigenvalue weighted by Crippen LogP contribution is -2.29. The summed E-state index contributed by atoms with van der Waals surface area (Å²) in [5.41, 5.74) is 4.90. The topological polar surface area (TPSA) is 45.5 Å². The van der Waals surface area contributed by atoms with Crippen LogP contribution in [0.25, 0.3) is 11.0 Å². The molecule has 2 aromatic carbocycles. The average Bonchev–Trinajstić information content (AvgIpc) is 3.05. The maximum absolute atomic E-state index is 12.7. The molecule has 0 bridgehead atoms. The van der Waals surface area contributed by atoms with E-state index in [1.54, 1.807) is 0 Å². The van der Waals surface area contributed by atoms with Crippen LogP contribution in [0, 0.1) is 6.92 Å². The Morgan fingerprint density at radius 1 is 1.07 bits per heavy atom. The highest BCUT2D eigenvalue weighted by Gasteiger charge is 2.18. The number of rotatable bonds is 4. The van der Waals surface area contributed by atoms with E-state index in [9.17, 15) is 4.79 Å². The number of anilines is 2. The van der Waals surface area contributed by atoms with E-state index in [0.717, 1.165) is 41.7 Å². The number of fused-ring (bicyclic) bond motifs is 1. The van der Waals surface area contributed by atoms with Crippen molar-refractivity contribution in [3.63, 3.8) is 0 Å². The summed E-state index contributed by atoms with van der Waals surface area (Å²) < 4.78 is 5.83. The van der Waals surface area contributed by atoms with Crippen LogP contribution in [0.4, 0.5) is 11.4 Å². The van der Waals surface area contributed by atoms with Gasteiger partial charge >= 0.3 is 0 Å². The molecule has 3 aromatic rings. The molecule has 4 heteroatoms. The fourth-order valence-electron chi connectivity index (χ4n) is 3.80. The number of amides is 1. The third kappa shape index (κ3) is 3.57. The lowest BCUT2D eigenvalue weighted by molar-refractivity contribution is 0.0998. The van der Waals surface area contributed by atoms with Gasteiger partial charge in [0.2, 0.25) is 0 Å². The second kappa shape index (κ2) is 7.47. The van der Waals surface area contributed by atoms with Gasteiger partial charge in [-0.2, -0.15) is 0 Å². The Labute approximate surface area is 160 Å². The zero-order chi connectivity index (χ0) is 18.8. The Balaban J connectivity index is 1.52. The number of furan rings is 1. The van der Waals surface area contributed by atoms with Gasteiger partial charge in [0.15, 0.2) is 5.76 Å². The Bertz CT molecular complexity index is 950. The number of hydrogen-bond donors (Lipinski definition) is 1. The van der Waals surface area contributed by atoms with Crippen molar-refractivity contribution in [3.05, 3.63) is 59.4 Å². The van der Waals surface area contributed by atoms with Crippen molar-refractivity contribution >= 4 is 28.3 Å². The summed E-state index contributed by atoms with van der Waals surface area (Å²) in [7, 11) is 0. The van der Waals surface area contributed by atoms with Gasteiger partial charge in [-0.05, 0) is 74.6 Å². The lowest BCUT2D eigenvalue weighted by atomic mass is 10.1. The molecule has 4 rings (SSSR count). The first kappa shape index (κ1) is 17.7. The molecule has 1 N–H and O–H groups in total. The first-order valence-electron chi connectivity index (χ1n) is 9.84. The van der Waals surface area contributed by atoms with E-state index in [4.69, 9.17) is 4.42 Å². The maximum Gasteiger partial charge on any atom is 0.291 e. The normalized spacial score (nSPS) is 14.5. The molecule has 1 aliphatic rings. The van der Waals surface area contributed by atoms with E-state index in [1.165, 1.54) is 30.5 Å². The highest BCUT2D eigenvalue weighted by atomic mass is 16.3. The van der Waals surface area contributed by atoms with E-state index in [1.807, 2.05) is 31.2 Å². The van der Waals surface area contributed by atoms with Crippen LogP contribution in [-0.4, -0.2) is 19.0 Å². The minimum atomic E-state index is -0.201. The zero-order valence-electron chi connectivity index (χ0n) is 16.0. The molecule has 1 amide bonds. The smallest absolute Gasteiger partial charge is 0.291 e. The summed E-state index contributed by atoms with van der Waals surface area (Å²) in [5.74, 6) is 0.186. The monoisotopic (exact) mass is 362 g/mol. The van der Waals surface area contributed by atoms with Gasteiger partial charge < -0.3 is 14.6 Å². The van der Waals surface area contributed by atoms with Gasteiger partial charge in [-0.15, -0.1) is 0 Å². The highest BCUT2D eigenvalue weighted by Crippen LogP contribution is 2.28. The quantitative estimate of drug-likeness (QED) is 0.662. The third-order valence-electron chi connectivity index (χ3n) is 5.46. The van der Waals surface area contributed by atoms with Crippen LogP contribution in [0.5, 0.6) is 0 Å². The first-order chi connectivity index (χ1) is 13.2. The van der Waals surface area contributed by atoms with Crippen LogP contribution in [0.3, 0.4) is 0 Å². The molecule has 1 saturated heterocycles. The summed E-state index contributed by atoms with van der Waals surface area (Å²) in [5, 5.41) is 3.98. The molecule has 0 atom stereocenters. The molecule has 2 heterocycles.